The molecule has 0 saturated heterocycles. The molecule has 0 unspecified atom stereocenters. The van der Waals surface area contributed by atoms with Gasteiger partial charge in [0, 0.05) is 12.6 Å². The van der Waals surface area contributed by atoms with Crippen molar-refractivity contribution < 1.29 is 22.7 Å². The van der Waals surface area contributed by atoms with Crippen LogP contribution in [0.25, 0.3) is 0 Å². The van der Waals surface area contributed by atoms with Crippen LogP contribution >= 0.6 is 0 Å². The summed E-state index contributed by atoms with van der Waals surface area (Å²) in [6.07, 6.45) is 4.36. The topological polar surface area (TPSA) is 96.0 Å². The molecule has 0 radical (unpaired) electrons. The minimum absolute atomic E-state index is 0.0607. The maximum Gasteiger partial charge on any atom is 0.264 e. The first kappa shape index (κ1) is 32.1. The smallest absolute Gasteiger partial charge is 0.264 e. The number of benzene rings is 3. The Hall–Kier alpha value is -3.85. The number of nitrogens with zero attached hydrogens (tertiary/aromatic N) is 2. The van der Waals surface area contributed by atoms with Crippen LogP contribution in [0.2, 0.25) is 0 Å². The van der Waals surface area contributed by atoms with Crippen molar-refractivity contribution in [3.8, 4) is 5.75 Å². The van der Waals surface area contributed by atoms with Gasteiger partial charge in [0.25, 0.3) is 10.0 Å². The second-order valence-corrected chi connectivity index (χ2v) is 13.3. The number of rotatable bonds is 12. The number of aryl methyl sites for hydroxylation is 3. The molecule has 0 heterocycles. The normalized spacial score (nSPS) is 14.3. The van der Waals surface area contributed by atoms with E-state index in [1.165, 1.54) is 12.0 Å². The number of ether oxygens (including phenoxy) is 1. The first-order chi connectivity index (χ1) is 20.5. The van der Waals surface area contributed by atoms with Crippen molar-refractivity contribution in [3.63, 3.8) is 0 Å². The number of hydrogen-bond donors (Lipinski definition) is 1. The van der Waals surface area contributed by atoms with Gasteiger partial charge in [-0.3, -0.25) is 13.9 Å². The Morgan fingerprint density at radius 3 is 2.07 bits per heavy atom. The molecule has 1 aliphatic carbocycles. The SMILES string of the molecule is CC[C@@H](C(=O)NC1CCCC1)N(Cc1ccc(C)cc1)C(=O)CN(c1cc(C)ccc1OC)S(=O)(=O)c1ccc(C)cc1. The van der Waals surface area contributed by atoms with Gasteiger partial charge in [0.2, 0.25) is 11.8 Å². The second-order valence-electron chi connectivity index (χ2n) is 11.4. The Labute approximate surface area is 256 Å². The summed E-state index contributed by atoms with van der Waals surface area (Å²) in [4.78, 5) is 29.6. The summed E-state index contributed by atoms with van der Waals surface area (Å²) in [5, 5.41) is 3.15. The maximum absolute atomic E-state index is 14.4. The Morgan fingerprint density at radius 2 is 1.49 bits per heavy atom. The summed E-state index contributed by atoms with van der Waals surface area (Å²) in [6.45, 7) is 7.25. The van der Waals surface area contributed by atoms with Crippen molar-refractivity contribution in [2.45, 2.75) is 83.3 Å². The van der Waals surface area contributed by atoms with Gasteiger partial charge in [-0.05, 0) is 75.4 Å². The lowest BCUT2D eigenvalue weighted by Crippen LogP contribution is -2.53. The van der Waals surface area contributed by atoms with Crippen LogP contribution in [-0.4, -0.2) is 50.9 Å². The molecule has 2 amide bonds. The fraction of sp³-hybridized carbons (Fsp3) is 0.412. The van der Waals surface area contributed by atoms with E-state index in [4.69, 9.17) is 4.74 Å². The molecule has 1 saturated carbocycles. The zero-order valence-electron chi connectivity index (χ0n) is 25.8. The lowest BCUT2D eigenvalue weighted by Gasteiger charge is -2.34. The predicted octanol–water partition coefficient (Wildman–Crippen LogP) is 5.68. The summed E-state index contributed by atoms with van der Waals surface area (Å²) < 4.78 is 35.1. The third-order valence-electron chi connectivity index (χ3n) is 8.05. The number of sulfonamides is 1. The van der Waals surface area contributed by atoms with Gasteiger partial charge in [0.05, 0.1) is 17.7 Å². The molecule has 1 fully saturated rings. The number of hydrogen-bond acceptors (Lipinski definition) is 5. The Balaban J connectivity index is 1.76. The van der Waals surface area contributed by atoms with Gasteiger partial charge in [0.1, 0.15) is 18.3 Å². The van der Waals surface area contributed by atoms with E-state index in [-0.39, 0.29) is 29.1 Å². The Bertz CT molecular complexity index is 1510. The number of amides is 2. The van der Waals surface area contributed by atoms with Crippen molar-refractivity contribution in [3.05, 3.63) is 89.0 Å². The molecule has 0 bridgehead atoms. The highest BCUT2D eigenvalue weighted by molar-refractivity contribution is 7.92. The molecule has 230 valence electrons. The summed E-state index contributed by atoms with van der Waals surface area (Å²) in [5.74, 6) is -0.366. The molecule has 9 heteroatoms. The van der Waals surface area contributed by atoms with Crippen LogP contribution in [0.15, 0.2) is 71.6 Å². The quantitative estimate of drug-likeness (QED) is 0.287. The van der Waals surface area contributed by atoms with Gasteiger partial charge >= 0.3 is 0 Å². The molecular formula is C34H43N3O5S. The zero-order valence-corrected chi connectivity index (χ0v) is 26.6. The molecule has 1 aliphatic rings. The number of carbonyl (C=O) groups is 2. The third-order valence-corrected chi connectivity index (χ3v) is 9.83. The molecule has 1 N–H and O–H groups in total. The lowest BCUT2D eigenvalue weighted by atomic mass is 10.1. The minimum atomic E-state index is -4.19. The van der Waals surface area contributed by atoms with Crippen molar-refractivity contribution >= 4 is 27.5 Å². The van der Waals surface area contributed by atoms with E-state index in [9.17, 15) is 18.0 Å². The molecular weight excluding hydrogens is 562 g/mol. The Morgan fingerprint density at radius 1 is 0.907 bits per heavy atom. The van der Waals surface area contributed by atoms with E-state index < -0.39 is 28.5 Å². The van der Waals surface area contributed by atoms with E-state index in [1.807, 2.05) is 58.0 Å². The van der Waals surface area contributed by atoms with Crippen molar-refractivity contribution in [2.24, 2.45) is 0 Å². The van der Waals surface area contributed by atoms with Crippen LogP contribution in [0.4, 0.5) is 5.69 Å². The highest BCUT2D eigenvalue weighted by Crippen LogP contribution is 2.34. The molecule has 4 rings (SSSR count). The maximum atomic E-state index is 14.4. The van der Waals surface area contributed by atoms with Gasteiger partial charge in [-0.1, -0.05) is 73.4 Å². The average Bonchev–Trinajstić information content (AvgIpc) is 3.50. The van der Waals surface area contributed by atoms with E-state index >= 15 is 0 Å². The molecule has 1 atom stereocenters. The van der Waals surface area contributed by atoms with Crippen LogP contribution in [0, 0.1) is 20.8 Å². The highest BCUT2D eigenvalue weighted by atomic mass is 32.2. The highest BCUT2D eigenvalue weighted by Gasteiger charge is 2.35. The molecule has 0 aromatic heterocycles. The van der Waals surface area contributed by atoms with Crippen LogP contribution < -0.4 is 14.4 Å². The third kappa shape index (κ3) is 7.76. The lowest BCUT2D eigenvalue weighted by molar-refractivity contribution is -0.140. The molecule has 8 nitrogen and oxygen atoms in total. The first-order valence-corrected chi connectivity index (χ1v) is 16.4. The molecule has 3 aromatic carbocycles. The van der Waals surface area contributed by atoms with Crippen molar-refractivity contribution in [1.82, 2.24) is 10.2 Å². The number of methoxy groups -OCH3 is 1. The molecule has 43 heavy (non-hydrogen) atoms. The molecule has 0 spiro atoms. The summed E-state index contributed by atoms with van der Waals surface area (Å²) >= 11 is 0. The second kappa shape index (κ2) is 14.1. The summed E-state index contributed by atoms with van der Waals surface area (Å²) in [7, 11) is -2.72. The monoisotopic (exact) mass is 605 g/mol. The van der Waals surface area contributed by atoms with Crippen LogP contribution in [0.5, 0.6) is 5.75 Å². The summed E-state index contributed by atoms with van der Waals surface area (Å²) in [6, 6.07) is 18.9. The fourth-order valence-electron chi connectivity index (χ4n) is 5.52. The van der Waals surface area contributed by atoms with Gasteiger partial charge < -0.3 is 15.0 Å². The predicted molar refractivity (Wildman–Crippen MR) is 170 cm³/mol. The van der Waals surface area contributed by atoms with Gasteiger partial charge in [0.15, 0.2) is 0 Å². The van der Waals surface area contributed by atoms with Gasteiger partial charge in [-0.15, -0.1) is 0 Å². The van der Waals surface area contributed by atoms with E-state index in [1.54, 1.807) is 36.4 Å². The fourth-order valence-corrected chi connectivity index (χ4v) is 6.94. The van der Waals surface area contributed by atoms with Gasteiger partial charge in [-0.2, -0.15) is 0 Å². The molecule has 0 aliphatic heterocycles. The largest absolute Gasteiger partial charge is 0.495 e. The number of carbonyl (C=O) groups excluding carboxylic acids is 2. The van der Waals surface area contributed by atoms with E-state index in [0.717, 1.165) is 52.2 Å². The van der Waals surface area contributed by atoms with Crippen LogP contribution in [-0.2, 0) is 26.2 Å². The number of nitrogens with one attached hydrogen (secondary N) is 1. The Kier molecular flexibility index (Phi) is 10.5. The molecule has 3 aromatic rings. The first-order valence-electron chi connectivity index (χ1n) is 14.9. The van der Waals surface area contributed by atoms with Crippen LogP contribution in [0.1, 0.15) is 61.3 Å². The standard InChI is InChI=1S/C34H43N3O5S/c1-6-30(34(39)35-28-9-7-8-10-28)36(22-27-16-11-24(2)12-17-27)33(38)23-37(31-21-26(4)15-20-32(31)42-5)43(40,41)29-18-13-25(3)14-19-29/h11-21,28,30H,6-10,22-23H2,1-5H3,(H,35,39)/t30-/m0/s1. The van der Waals surface area contributed by atoms with E-state index in [2.05, 4.69) is 5.32 Å². The summed E-state index contributed by atoms with van der Waals surface area (Å²) in [5.41, 5.74) is 3.92. The number of anilines is 1. The average molecular weight is 606 g/mol. The zero-order chi connectivity index (χ0) is 31.1. The van der Waals surface area contributed by atoms with Crippen molar-refractivity contribution in [2.75, 3.05) is 18.0 Å². The van der Waals surface area contributed by atoms with Gasteiger partial charge in [-0.25, -0.2) is 8.42 Å². The van der Waals surface area contributed by atoms with Crippen LogP contribution in [0.3, 0.4) is 0 Å². The van der Waals surface area contributed by atoms with E-state index in [0.29, 0.717) is 12.2 Å². The minimum Gasteiger partial charge on any atom is -0.495 e. The van der Waals surface area contributed by atoms with Crippen molar-refractivity contribution in [1.29, 1.82) is 0 Å².